The van der Waals surface area contributed by atoms with Crippen LogP contribution in [0.4, 0.5) is 4.79 Å². The first-order chi connectivity index (χ1) is 13.4. The molecule has 0 spiro atoms. The molecule has 1 saturated heterocycles. The number of ether oxygens (including phenoxy) is 1. The van der Waals surface area contributed by atoms with Gasteiger partial charge in [0.1, 0.15) is 11.4 Å². The van der Waals surface area contributed by atoms with Crippen molar-refractivity contribution >= 4 is 36.0 Å². The molecule has 2 aliphatic heterocycles. The van der Waals surface area contributed by atoms with E-state index in [2.05, 4.69) is 35.3 Å². The molecule has 1 atom stereocenters. The number of alkyl carbamates (subject to hydrolysis) is 1. The molecule has 3 heterocycles. The third-order valence-corrected chi connectivity index (χ3v) is 5.01. The van der Waals surface area contributed by atoms with Crippen LogP contribution in [0.3, 0.4) is 0 Å². The lowest BCUT2D eigenvalue weighted by atomic mass is 10.2. The molecule has 0 bridgehead atoms. The molecule has 3 rings (SSSR count). The number of aryl methyl sites for hydroxylation is 1. The molecule has 164 valence electrons. The van der Waals surface area contributed by atoms with Crippen molar-refractivity contribution in [3.05, 3.63) is 11.6 Å². The first-order valence-electron chi connectivity index (χ1n) is 10.2. The van der Waals surface area contributed by atoms with E-state index in [0.717, 1.165) is 43.5 Å². The molecule has 2 aliphatic rings. The number of carbonyl (C=O) groups is 1. The molecular formula is C19H34IN7O2. The second kappa shape index (κ2) is 10.4. The lowest BCUT2D eigenvalue weighted by Gasteiger charge is -2.23. The third-order valence-electron chi connectivity index (χ3n) is 5.01. The number of rotatable bonds is 3. The third kappa shape index (κ3) is 6.71. The molecule has 0 saturated carbocycles. The molecule has 9 nitrogen and oxygen atoms in total. The molecule has 0 aliphatic carbocycles. The van der Waals surface area contributed by atoms with E-state index in [-0.39, 0.29) is 36.1 Å². The minimum absolute atomic E-state index is 0. The van der Waals surface area contributed by atoms with Gasteiger partial charge in [0.25, 0.3) is 0 Å². The maximum Gasteiger partial charge on any atom is 0.407 e. The summed E-state index contributed by atoms with van der Waals surface area (Å²) in [7, 11) is 1.78. The zero-order valence-electron chi connectivity index (χ0n) is 17.9. The Labute approximate surface area is 190 Å². The van der Waals surface area contributed by atoms with E-state index in [9.17, 15) is 4.79 Å². The van der Waals surface area contributed by atoms with Gasteiger partial charge in [-0.15, -0.1) is 34.2 Å². The summed E-state index contributed by atoms with van der Waals surface area (Å²) in [4.78, 5) is 18.5. The monoisotopic (exact) mass is 519 g/mol. The van der Waals surface area contributed by atoms with Crippen LogP contribution in [0.1, 0.15) is 58.1 Å². The molecule has 1 fully saturated rings. The molecule has 10 heteroatoms. The van der Waals surface area contributed by atoms with Crippen molar-refractivity contribution in [1.29, 1.82) is 0 Å². The fraction of sp³-hybridized carbons (Fsp3) is 0.789. The minimum atomic E-state index is -0.490. The van der Waals surface area contributed by atoms with Crippen LogP contribution in [0.2, 0.25) is 0 Å². The first-order valence-corrected chi connectivity index (χ1v) is 10.2. The maximum atomic E-state index is 12.0. The highest BCUT2D eigenvalue weighted by atomic mass is 127. The predicted octanol–water partition coefficient (Wildman–Crippen LogP) is 2.30. The Balaban J connectivity index is 0.00000300. The SMILES string of the molecule is CN=C(NCc1nnc2n1CCCCC2)N1CCC(NC(=O)OC(C)(C)C)C1.I. The van der Waals surface area contributed by atoms with Gasteiger partial charge in [-0.1, -0.05) is 6.42 Å². The van der Waals surface area contributed by atoms with E-state index < -0.39 is 5.60 Å². The summed E-state index contributed by atoms with van der Waals surface area (Å²) < 4.78 is 7.59. The molecule has 0 aromatic carbocycles. The molecule has 1 aromatic heterocycles. The van der Waals surface area contributed by atoms with Crippen LogP contribution in [0, 0.1) is 0 Å². The summed E-state index contributed by atoms with van der Waals surface area (Å²) in [5.74, 6) is 2.87. The largest absolute Gasteiger partial charge is 0.444 e. The Morgan fingerprint density at radius 3 is 2.76 bits per heavy atom. The van der Waals surface area contributed by atoms with Crippen LogP contribution in [-0.4, -0.2) is 63.5 Å². The van der Waals surface area contributed by atoms with Crippen LogP contribution >= 0.6 is 24.0 Å². The Hall–Kier alpha value is -1.59. The number of hydrogen-bond acceptors (Lipinski definition) is 5. The normalized spacial score (nSPS) is 19.8. The molecular weight excluding hydrogens is 485 g/mol. The van der Waals surface area contributed by atoms with Crippen molar-refractivity contribution in [2.45, 2.75) is 77.6 Å². The van der Waals surface area contributed by atoms with Gasteiger partial charge >= 0.3 is 6.09 Å². The molecule has 0 radical (unpaired) electrons. The van der Waals surface area contributed by atoms with Crippen LogP contribution in [0.15, 0.2) is 4.99 Å². The number of hydrogen-bond donors (Lipinski definition) is 2. The van der Waals surface area contributed by atoms with Gasteiger partial charge in [0, 0.05) is 33.1 Å². The van der Waals surface area contributed by atoms with Crippen molar-refractivity contribution in [3.63, 3.8) is 0 Å². The van der Waals surface area contributed by atoms with Gasteiger partial charge in [0.05, 0.1) is 12.6 Å². The topological polar surface area (TPSA) is 96.7 Å². The van der Waals surface area contributed by atoms with Crippen LogP contribution < -0.4 is 10.6 Å². The highest BCUT2D eigenvalue weighted by Gasteiger charge is 2.28. The Morgan fingerprint density at radius 1 is 1.24 bits per heavy atom. The average molecular weight is 519 g/mol. The predicted molar refractivity (Wildman–Crippen MR) is 123 cm³/mol. The van der Waals surface area contributed by atoms with E-state index in [1.54, 1.807) is 7.05 Å². The summed E-state index contributed by atoms with van der Waals surface area (Å²) in [5.41, 5.74) is -0.490. The Morgan fingerprint density at radius 2 is 2.03 bits per heavy atom. The molecule has 2 N–H and O–H groups in total. The fourth-order valence-corrected chi connectivity index (χ4v) is 3.71. The minimum Gasteiger partial charge on any atom is -0.444 e. The number of guanidine groups is 1. The second-order valence-electron chi connectivity index (χ2n) is 8.47. The highest BCUT2D eigenvalue weighted by Crippen LogP contribution is 2.15. The van der Waals surface area contributed by atoms with Gasteiger partial charge in [-0.05, 0) is 40.0 Å². The number of aromatic nitrogens is 3. The number of carbonyl (C=O) groups excluding carboxylic acids is 1. The number of aliphatic imine (C=N–C) groups is 1. The van der Waals surface area contributed by atoms with Crippen molar-refractivity contribution in [1.82, 2.24) is 30.3 Å². The van der Waals surface area contributed by atoms with Crippen molar-refractivity contribution in [2.75, 3.05) is 20.1 Å². The summed E-state index contributed by atoms with van der Waals surface area (Å²) >= 11 is 0. The van der Waals surface area contributed by atoms with Gasteiger partial charge < -0.3 is 24.8 Å². The Bertz CT molecular complexity index is 714. The van der Waals surface area contributed by atoms with Crippen LogP contribution in [0.25, 0.3) is 0 Å². The van der Waals surface area contributed by atoms with E-state index in [1.165, 1.54) is 19.3 Å². The summed E-state index contributed by atoms with van der Waals surface area (Å²) in [6.07, 6.45) is 5.11. The van der Waals surface area contributed by atoms with Crippen LogP contribution in [0.5, 0.6) is 0 Å². The first kappa shape index (κ1) is 23.7. The van der Waals surface area contributed by atoms with Crippen LogP contribution in [-0.2, 0) is 24.2 Å². The zero-order chi connectivity index (χ0) is 20.1. The average Bonchev–Trinajstić information content (AvgIpc) is 3.14. The van der Waals surface area contributed by atoms with Crippen molar-refractivity contribution in [3.8, 4) is 0 Å². The number of amides is 1. The van der Waals surface area contributed by atoms with E-state index >= 15 is 0 Å². The highest BCUT2D eigenvalue weighted by molar-refractivity contribution is 14.0. The van der Waals surface area contributed by atoms with Gasteiger partial charge in [-0.2, -0.15) is 0 Å². The smallest absolute Gasteiger partial charge is 0.407 e. The molecule has 1 unspecified atom stereocenters. The number of halogens is 1. The summed E-state index contributed by atoms with van der Waals surface area (Å²) in [6, 6.07) is 0.0535. The number of nitrogens with zero attached hydrogens (tertiary/aromatic N) is 5. The number of nitrogens with one attached hydrogen (secondary N) is 2. The fourth-order valence-electron chi connectivity index (χ4n) is 3.71. The number of likely N-dealkylation sites (tertiary alicyclic amines) is 1. The summed E-state index contributed by atoms with van der Waals surface area (Å²) in [5, 5.41) is 15.1. The van der Waals surface area contributed by atoms with Gasteiger partial charge in [0.15, 0.2) is 11.8 Å². The maximum absolute atomic E-state index is 12.0. The van der Waals surface area contributed by atoms with E-state index in [1.807, 2.05) is 20.8 Å². The zero-order valence-corrected chi connectivity index (χ0v) is 20.2. The Kier molecular flexibility index (Phi) is 8.53. The molecule has 1 amide bonds. The number of fused-ring (bicyclic) bond motifs is 1. The van der Waals surface area contributed by atoms with E-state index in [4.69, 9.17) is 4.74 Å². The lowest BCUT2D eigenvalue weighted by Crippen LogP contribution is -2.44. The standard InChI is InChI=1S/C19H33N7O2.HI/c1-19(2,3)28-18(27)22-14-9-11-25(13-14)17(20-4)21-12-16-24-23-15-8-6-5-7-10-26(15)16;/h14H,5-13H2,1-4H3,(H,20,21)(H,22,27);1H. The van der Waals surface area contributed by atoms with Crippen molar-refractivity contribution < 1.29 is 9.53 Å². The van der Waals surface area contributed by atoms with Crippen molar-refractivity contribution in [2.24, 2.45) is 4.99 Å². The molecule has 29 heavy (non-hydrogen) atoms. The van der Waals surface area contributed by atoms with Gasteiger partial charge in [0.2, 0.25) is 0 Å². The van der Waals surface area contributed by atoms with E-state index in [0.29, 0.717) is 13.1 Å². The quantitative estimate of drug-likeness (QED) is 0.362. The summed E-state index contributed by atoms with van der Waals surface area (Å²) in [6.45, 7) is 8.72. The second-order valence-corrected chi connectivity index (χ2v) is 8.47. The molecule has 1 aromatic rings. The lowest BCUT2D eigenvalue weighted by molar-refractivity contribution is 0.0507. The van der Waals surface area contributed by atoms with Gasteiger partial charge in [-0.25, -0.2) is 4.79 Å². The van der Waals surface area contributed by atoms with Gasteiger partial charge in [-0.3, -0.25) is 4.99 Å².